The second-order valence-electron chi connectivity index (χ2n) is 11.5. The fourth-order valence-electron chi connectivity index (χ4n) is 6.54. The highest BCUT2D eigenvalue weighted by molar-refractivity contribution is 6.10. The molecule has 46 heavy (non-hydrogen) atoms. The molecule has 0 N–H and O–H groups in total. The number of para-hydroxylation sites is 4. The van der Waals surface area contributed by atoms with Gasteiger partial charge in [-0.1, -0.05) is 110 Å². The van der Waals surface area contributed by atoms with E-state index in [4.69, 9.17) is 0 Å². The maximum absolute atomic E-state index is 3.81. The first-order valence-corrected chi connectivity index (χ1v) is 15.8. The van der Waals surface area contributed by atoms with E-state index in [1.807, 2.05) is 12.2 Å². The molecular weight excluding hydrogens is 558 g/mol. The fraction of sp³-hybridized carbons (Fsp3) is 0.0698. The Labute approximate surface area is 270 Å². The summed E-state index contributed by atoms with van der Waals surface area (Å²) in [5.74, 6) is 0. The molecule has 7 aromatic rings. The molecule has 0 fully saturated rings. The van der Waals surface area contributed by atoms with E-state index in [-0.39, 0.29) is 0 Å². The third-order valence-electron chi connectivity index (χ3n) is 8.70. The first-order chi connectivity index (χ1) is 22.7. The summed E-state index contributed by atoms with van der Waals surface area (Å²) in [5.41, 5.74) is 9.51. The van der Waals surface area contributed by atoms with Crippen LogP contribution < -0.4 is 4.90 Å². The van der Waals surface area contributed by atoms with Gasteiger partial charge in [-0.15, -0.1) is 0 Å². The van der Waals surface area contributed by atoms with Gasteiger partial charge in [0.15, 0.2) is 0 Å². The molecule has 2 heterocycles. The summed E-state index contributed by atoms with van der Waals surface area (Å²) >= 11 is 0. The van der Waals surface area contributed by atoms with Crippen LogP contribution >= 0.6 is 0 Å². The van der Waals surface area contributed by atoms with Crippen LogP contribution in [0.25, 0.3) is 55.0 Å². The Bertz CT molecular complexity index is 2210. The van der Waals surface area contributed by atoms with E-state index in [1.54, 1.807) is 6.08 Å². The van der Waals surface area contributed by atoms with E-state index in [0.29, 0.717) is 0 Å². The minimum atomic E-state index is 0.810. The molecule has 3 heteroatoms. The van der Waals surface area contributed by atoms with Crippen LogP contribution in [0.4, 0.5) is 5.69 Å². The lowest BCUT2D eigenvalue weighted by molar-refractivity contribution is 1.11. The standard InChI is InChI=1S/C43H37N3/c1-4-5-6-15-31-44(32(2)17-16-18-33(3)45-40-23-11-7-19-36(40)37-20-8-12-24-41(37)45)34-27-29-35(30-28-34)46-42-25-13-9-21-38(42)39-22-10-14-26-43(39)46/h4-15,17-31H,1,16H2,2-3H3/b6-5-,31-15+,32-17+,33-18+. The summed E-state index contributed by atoms with van der Waals surface area (Å²) in [6.45, 7) is 8.18. The van der Waals surface area contributed by atoms with Gasteiger partial charge in [-0.2, -0.15) is 0 Å². The quantitative estimate of drug-likeness (QED) is 0.151. The molecule has 0 amide bonds. The molecule has 0 atom stereocenters. The molecule has 0 saturated carbocycles. The normalized spacial score (nSPS) is 12.8. The Kier molecular flexibility index (Phi) is 7.97. The SMILES string of the molecule is C=C/C=C\C=C\N(/C(C)=C/C/C=C(\C)n1c2ccccc2c2ccccc21)c1ccc(-n2c3ccccc3c3ccccc32)cc1. The maximum atomic E-state index is 3.81. The third-order valence-corrected chi connectivity index (χ3v) is 8.70. The van der Waals surface area contributed by atoms with Crippen LogP contribution in [0.1, 0.15) is 20.3 Å². The number of benzene rings is 5. The van der Waals surface area contributed by atoms with Crippen molar-refractivity contribution in [1.29, 1.82) is 0 Å². The highest BCUT2D eigenvalue weighted by Crippen LogP contribution is 2.34. The van der Waals surface area contributed by atoms with Gasteiger partial charge in [0, 0.05) is 50.5 Å². The average Bonchev–Trinajstić information content (AvgIpc) is 3.62. The molecule has 2 aromatic heterocycles. The lowest BCUT2D eigenvalue weighted by Crippen LogP contribution is -2.13. The molecule has 0 spiro atoms. The van der Waals surface area contributed by atoms with Gasteiger partial charge in [-0.3, -0.25) is 0 Å². The Morgan fingerprint density at radius 3 is 1.63 bits per heavy atom. The number of hydrogen-bond acceptors (Lipinski definition) is 1. The van der Waals surface area contributed by atoms with E-state index in [1.165, 1.54) is 49.3 Å². The van der Waals surface area contributed by atoms with Crippen molar-refractivity contribution in [3.63, 3.8) is 0 Å². The molecule has 224 valence electrons. The van der Waals surface area contributed by atoms with Gasteiger partial charge in [0.25, 0.3) is 0 Å². The van der Waals surface area contributed by atoms with E-state index in [2.05, 4.69) is 180 Å². The topological polar surface area (TPSA) is 13.1 Å². The Balaban J connectivity index is 1.21. The summed E-state index contributed by atoms with van der Waals surface area (Å²) in [5, 5.41) is 5.10. The number of anilines is 1. The predicted molar refractivity (Wildman–Crippen MR) is 200 cm³/mol. The van der Waals surface area contributed by atoms with Gasteiger partial charge >= 0.3 is 0 Å². The lowest BCUT2D eigenvalue weighted by atomic mass is 10.2. The van der Waals surface area contributed by atoms with E-state index < -0.39 is 0 Å². The van der Waals surface area contributed by atoms with Crippen LogP contribution in [0.15, 0.2) is 176 Å². The zero-order chi connectivity index (χ0) is 31.5. The number of rotatable bonds is 9. The van der Waals surface area contributed by atoms with Crippen LogP contribution in [0, 0.1) is 0 Å². The van der Waals surface area contributed by atoms with Gasteiger partial charge in [0.1, 0.15) is 0 Å². The van der Waals surface area contributed by atoms with Crippen molar-refractivity contribution in [2.45, 2.75) is 20.3 Å². The number of allylic oxidation sites excluding steroid dienone is 8. The Morgan fingerprint density at radius 2 is 1.09 bits per heavy atom. The van der Waals surface area contributed by atoms with Crippen molar-refractivity contribution in [3.05, 3.63) is 176 Å². The van der Waals surface area contributed by atoms with Crippen LogP contribution in [-0.2, 0) is 0 Å². The molecule has 3 nitrogen and oxygen atoms in total. The van der Waals surface area contributed by atoms with Gasteiger partial charge in [-0.25, -0.2) is 0 Å². The first kappa shape index (κ1) is 28.9. The van der Waals surface area contributed by atoms with Crippen molar-refractivity contribution in [3.8, 4) is 5.69 Å². The fourth-order valence-corrected chi connectivity index (χ4v) is 6.54. The van der Waals surface area contributed by atoms with Crippen molar-refractivity contribution in [2.75, 3.05) is 4.90 Å². The van der Waals surface area contributed by atoms with E-state index in [9.17, 15) is 0 Å². The summed E-state index contributed by atoms with van der Waals surface area (Å²) in [6.07, 6.45) is 15.3. The molecule has 0 aliphatic heterocycles. The second-order valence-corrected chi connectivity index (χ2v) is 11.5. The number of aromatic nitrogens is 2. The second kappa shape index (κ2) is 12.7. The highest BCUT2D eigenvalue weighted by Gasteiger charge is 2.13. The van der Waals surface area contributed by atoms with Crippen molar-refractivity contribution >= 4 is 55.0 Å². The Morgan fingerprint density at radius 1 is 0.587 bits per heavy atom. The number of hydrogen-bond donors (Lipinski definition) is 0. The van der Waals surface area contributed by atoms with Crippen molar-refractivity contribution in [2.24, 2.45) is 0 Å². The summed E-state index contributed by atoms with van der Waals surface area (Å²) < 4.78 is 4.73. The summed E-state index contributed by atoms with van der Waals surface area (Å²) in [4.78, 5) is 2.24. The highest BCUT2D eigenvalue weighted by atomic mass is 15.1. The van der Waals surface area contributed by atoms with Crippen LogP contribution in [-0.4, -0.2) is 9.13 Å². The van der Waals surface area contributed by atoms with Gasteiger partial charge in [0.2, 0.25) is 0 Å². The van der Waals surface area contributed by atoms with Gasteiger partial charge in [-0.05, 0) is 74.9 Å². The minimum absolute atomic E-state index is 0.810. The van der Waals surface area contributed by atoms with Crippen LogP contribution in [0.3, 0.4) is 0 Å². The molecular formula is C43H37N3. The zero-order valence-corrected chi connectivity index (χ0v) is 26.3. The molecule has 0 aliphatic carbocycles. The van der Waals surface area contributed by atoms with Crippen LogP contribution in [0.2, 0.25) is 0 Å². The smallest absolute Gasteiger partial charge is 0.0541 e. The predicted octanol–water partition coefficient (Wildman–Crippen LogP) is 11.8. The van der Waals surface area contributed by atoms with Gasteiger partial charge < -0.3 is 14.0 Å². The molecule has 5 aromatic carbocycles. The summed E-state index contributed by atoms with van der Waals surface area (Å²) in [6, 6.07) is 43.4. The van der Waals surface area contributed by atoms with E-state index in [0.717, 1.165) is 23.5 Å². The van der Waals surface area contributed by atoms with Crippen LogP contribution in [0.5, 0.6) is 0 Å². The molecule has 0 unspecified atom stereocenters. The van der Waals surface area contributed by atoms with Crippen molar-refractivity contribution in [1.82, 2.24) is 9.13 Å². The maximum Gasteiger partial charge on any atom is 0.0541 e. The third kappa shape index (κ3) is 5.27. The number of fused-ring (bicyclic) bond motifs is 6. The monoisotopic (exact) mass is 595 g/mol. The molecule has 0 radical (unpaired) electrons. The number of nitrogens with zero attached hydrogens (tertiary/aromatic N) is 3. The molecule has 0 saturated heterocycles. The van der Waals surface area contributed by atoms with E-state index >= 15 is 0 Å². The molecule has 7 rings (SSSR count). The lowest BCUT2D eigenvalue weighted by Gasteiger charge is -2.22. The largest absolute Gasteiger partial charge is 0.322 e. The average molecular weight is 596 g/mol. The summed E-state index contributed by atoms with van der Waals surface area (Å²) in [7, 11) is 0. The van der Waals surface area contributed by atoms with Gasteiger partial charge in [0.05, 0.1) is 22.1 Å². The zero-order valence-electron chi connectivity index (χ0n) is 26.3. The Hall–Kier alpha value is -5.80. The minimum Gasteiger partial charge on any atom is -0.322 e. The molecule has 0 aliphatic rings. The van der Waals surface area contributed by atoms with Crippen molar-refractivity contribution < 1.29 is 0 Å². The molecule has 0 bridgehead atoms. The first-order valence-electron chi connectivity index (χ1n) is 15.8.